The van der Waals surface area contributed by atoms with Gasteiger partial charge < -0.3 is 0 Å². The molecule has 0 N–H and O–H groups in total. The average Bonchev–Trinajstić information content (AvgIpc) is 2.69. The predicted molar refractivity (Wildman–Crippen MR) is 58.0 cm³/mol. The molecule has 0 saturated carbocycles. The van der Waals surface area contributed by atoms with Gasteiger partial charge in [0, 0.05) is 0 Å². The van der Waals surface area contributed by atoms with E-state index < -0.39 is 0 Å². The Morgan fingerprint density at radius 2 is 2.00 bits per heavy atom. The summed E-state index contributed by atoms with van der Waals surface area (Å²) in [6.45, 7) is 6.44. The second kappa shape index (κ2) is 3.81. The molecule has 0 saturated heterocycles. The smallest absolute Gasteiger partial charge is 0.143 e. The summed E-state index contributed by atoms with van der Waals surface area (Å²) in [6, 6.07) is 6.38. The minimum Gasteiger partial charge on any atom is -0.201 e. The van der Waals surface area contributed by atoms with Gasteiger partial charge in [-0.15, -0.1) is 5.10 Å². The van der Waals surface area contributed by atoms with E-state index in [1.165, 1.54) is 11.1 Å². The average molecular weight is 202 g/mol. The quantitative estimate of drug-likeness (QED) is 0.749. The summed E-state index contributed by atoms with van der Waals surface area (Å²) in [5.74, 6) is 0.514. The Balaban J connectivity index is 2.49. The highest BCUT2D eigenvalue weighted by molar-refractivity contribution is 5.39. The van der Waals surface area contributed by atoms with Crippen molar-refractivity contribution < 1.29 is 0 Å². The highest BCUT2D eigenvalue weighted by atomic mass is 15.5. The molecule has 1 aromatic carbocycles. The Bertz CT molecular complexity index is 446. The summed E-state index contributed by atoms with van der Waals surface area (Å²) in [5, 5.41) is 11.2. The summed E-state index contributed by atoms with van der Waals surface area (Å²) in [6.07, 6.45) is 1.61. The molecule has 0 radical (unpaired) electrons. The number of aromatic nitrogens is 4. The van der Waals surface area contributed by atoms with Crippen molar-refractivity contribution >= 4 is 0 Å². The molecule has 0 aliphatic rings. The van der Waals surface area contributed by atoms with Gasteiger partial charge in [0.05, 0.1) is 5.69 Å². The van der Waals surface area contributed by atoms with Crippen molar-refractivity contribution in [3.63, 3.8) is 0 Å². The van der Waals surface area contributed by atoms with Gasteiger partial charge in [0.2, 0.25) is 0 Å². The monoisotopic (exact) mass is 202 g/mol. The summed E-state index contributed by atoms with van der Waals surface area (Å²) < 4.78 is 1.68. The normalized spacial score (nSPS) is 10.9. The molecule has 0 aliphatic carbocycles. The fourth-order valence-electron chi connectivity index (χ4n) is 1.54. The molecule has 78 valence electrons. The lowest BCUT2D eigenvalue weighted by atomic mass is 10.0. The number of hydrogen-bond donors (Lipinski definition) is 0. The zero-order chi connectivity index (χ0) is 10.8. The standard InChI is InChI=1S/C11H14N4/c1-8(2)10-4-9(3)5-11(6-10)15-7-12-13-14-15/h4-8H,1-3H3. The van der Waals surface area contributed by atoms with Crippen LogP contribution < -0.4 is 0 Å². The van der Waals surface area contributed by atoms with Crippen LogP contribution >= 0.6 is 0 Å². The van der Waals surface area contributed by atoms with Crippen LogP contribution in [0.3, 0.4) is 0 Å². The maximum atomic E-state index is 3.88. The van der Waals surface area contributed by atoms with Crippen molar-refractivity contribution in [3.8, 4) is 5.69 Å². The van der Waals surface area contributed by atoms with Crippen LogP contribution in [0.25, 0.3) is 5.69 Å². The molecular formula is C11H14N4. The van der Waals surface area contributed by atoms with Crippen LogP contribution in [0, 0.1) is 6.92 Å². The van der Waals surface area contributed by atoms with Crippen LogP contribution in [0.1, 0.15) is 30.9 Å². The van der Waals surface area contributed by atoms with Gasteiger partial charge in [-0.3, -0.25) is 0 Å². The van der Waals surface area contributed by atoms with E-state index in [0.717, 1.165) is 5.69 Å². The van der Waals surface area contributed by atoms with Gasteiger partial charge in [0.15, 0.2) is 0 Å². The number of benzene rings is 1. The maximum absolute atomic E-state index is 3.88. The first-order valence-corrected chi connectivity index (χ1v) is 5.02. The molecule has 0 fully saturated rings. The Morgan fingerprint density at radius 1 is 1.20 bits per heavy atom. The van der Waals surface area contributed by atoms with Crippen LogP contribution in [0.2, 0.25) is 0 Å². The third-order valence-electron chi connectivity index (χ3n) is 2.36. The van der Waals surface area contributed by atoms with E-state index in [2.05, 4.69) is 54.5 Å². The Labute approximate surface area is 88.9 Å². The molecule has 0 bridgehead atoms. The van der Waals surface area contributed by atoms with Crippen LogP contribution in [0.4, 0.5) is 0 Å². The molecular weight excluding hydrogens is 188 g/mol. The zero-order valence-electron chi connectivity index (χ0n) is 9.18. The van der Waals surface area contributed by atoms with E-state index in [1.54, 1.807) is 11.0 Å². The van der Waals surface area contributed by atoms with E-state index in [1.807, 2.05) is 0 Å². The highest BCUT2D eigenvalue weighted by Gasteiger charge is 2.04. The summed E-state index contributed by atoms with van der Waals surface area (Å²) >= 11 is 0. The minimum absolute atomic E-state index is 0.514. The number of aryl methyl sites for hydroxylation is 1. The van der Waals surface area contributed by atoms with Crippen molar-refractivity contribution in [1.82, 2.24) is 20.2 Å². The fourth-order valence-corrected chi connectivity index (χ4v) is 1.54. The third-order valence-corrected chi connectivity index (χ3v) is 2.36. The van der Waals surface area contributed by atoms with Crippen molar-refractivity contribution in [3.05, 3.63) is 35.7 Å². The molecule has 0 spiro atoms. The predicted octanol–water partition coefficient (Wildman–Crippen LogP) is 2.09. The Kier molecular flexibility index (Phi) is 2.49. The summed E-state index contributed by atoms with van der Waals surface area (Å²) in [4.78, 5) is 0. The van der Waals surface area contributed by atoms with Crippen molar-refractivity contribution in [2.75, 3.05) is 0 Å². The minimum atomic E-state index is 0.514. The number of tetrazole rings is 1. The molecule has 0 aliphatic heterocycles. The van der Waals surface area contributed by atoms with Gasteiger partial charge in [-0.1, -0.05) is 19.9 Å². The molecule has 15 heavy (non-hydrogen) atoms. The van der Waals surface area contributed by atoms with E-state index in [-0.39, 0.29) is 0 Å². The van der Waals surface area contributed by atoms with E-state index >= 15 is 0 Å². The number of nitrogens with zero attached hydrogens (tertiary/aromatic N) is 4. The summed E-state index contributed by atoms with van der Waals surface area (Å²) in [7, 11) is 0. The lowest BCUT2D eigenvalue weighted by molar-refractivity contribution is 0.783. The molecule has 0 unspecified atom stereocenters. The van der Waals surface area contributed by atoms with E-state index in [0.29, 0.717) is 5.92 Å². The first-order valence-electron chi connectivity index (χ1n) is 5.02. The van der Waals surface area contributed by atoms with Gasteiger partial charge in [0.1, 0.15) is 6.33 Å². The van der Waals surface area contributed by atoms with E-state index in [4.69, 9.17) is 0 Å². The SMILES string of the molecule is Cc1cc(C(C)C)cc(-n2cnnn2)c1. The lowest BCUT2D eigenvalue weighted by Gasteiger charge is -2.09. The molecule has 0 atom stereocenters. The number of hydrogen-bond acceptors (Lipinski definition) is 3. The van der Waals surface area contributed by atoms with Gasteiger partial charge in [0.25, 0.3) is 0 Å². The topological polar surface area (TPSA) is 43.6 Å². The van der Waals surface area contributed by atoms with Crippen LogP contribution in [0.15, 0.2) is 24.5 Å². The van der Waals surface area contributed by atoms with Crippen molar-refractivity contribution in [1.29, 1.82) is 0 Å². The molecule has 1 heterocycles. The molecule has 4 nitrogen and oxygen atoms in total. The second-order valence-electron chi connectivity index (χ2n) is 4.01. The first-order chi connectivity index (χ1) is 7.16. The summed E-state index contributed by atoms with van der Waals surface area (Å²) in [5.41, 5.74) is 3.55. The van der Waals surface area contributed by atoms with Crippen LogP contribution in [-0.4, -0.2) is 20.2 Å². The zero-order valence-corrected chi connectivity index (χ0v) is 9.18. The maximum Gasteiger partial charge on any atom is 0.143 e. The largest absolute Gasteiger partial charge is 0.201 e. The van der Waals surface area contributed by atoms with Gasteiger partial charge in [-0.2, -0.15) is 0 Å². The Morgan fingerprint density at radius 3 is 2.60 bits per heavy atom. The third kappa shape index (κ3) is 2.03. The molecule has 2 aromatic rings. The van der Waals surface area contributed by atoms with Crippen LogP contribution in [-0.2, 0) is 0 Å². The van der Waals surface area contributed by atoms with Gasteiger partial charge >= 0.3 is 0 Å². The van der Waals surface area contributed by atoms with Gasteiger partial charge in [-0.05, 0) is 46.5 Å². The highest BCUT2D eigenvalue weighted by Crippen LogP contribution is 2.19. The van der Waals surface area contributed by atoms with Crippen molar-refractivity contribution in [2.45, 2.75) is 26.7 Å². The molecule has 4 heteroatoms. The van der Waals surface area contributed by atoms with E-state index in [9.17, 15) is 0 Å². The Hall–Kier alpha value is -1.71. The van der Waals surface area contributed by atoms with Crippen molar-refractivity contribution in [2.24, 2.45) is 0 Å². The first kappa shape index (κ1) is 9.83. The molecule has 1 aromatic heterocycles. The van der Waals surface area contributed by atoms with Gasteiger partial charge in [-0.25, -0.2) is 4.68 Å². The molecule has 2 rings (SSSR count). The number of rotatable bonds is 2. The fraction of sp³-hybridized carbons (Fsp3) is 0.364. The second-order valence-corrected chi connectivity index (χ2v) is 4.01. The lowest BCUT2D eigenvalue weighted by Crippen LogP contribution is -1.98. The molecule has 0 amide bonds. The van der Waals surface area contributed by atoms with Crippen LogP contribution in [0.5, 0.6) is 0 Å².